The van der Waals surface area contributed by atoms with Crippen molar-refractivity contribution < 1.29 is 18.3 Å². The lowest BCUT2D eigenvalue weighted by molar-refractivity contribution is 0.0695. The summed E-state index contributed by atoms with van der Waals surface area (Å²) in [5.74, 6) is -1.10. The van der Waals surface area contributed by atoms with Crippen LogP contribution in [0.3, 0.4) is 0 Å². The van der Waals surface area contributed by atoms with Crippen LogP contribution in [0.15, 0.2) is 23.1 Å². The Kier molecular flexibility index (Phi) is 4.39. The molecule has 0 unspecified atom stereocenters. The zero-order valence-corrected chi connectivity index (χ0v) is 13.2. The molecule has 0 atom stereocenters. The first-order valence-electron chi connectivity index (χ1n) is 7.24. The summed E-state index contributed by atoms with van der Waals surface area (Å²) in [7, 11) is -3.69. The molecule has 2 N–H and O–H groups in total. The van der Waals surface area contributed by atoms with Gasteiger partial charge in [0.15, 0.2) is 0 Å². The SMILES string of the molecule is CCc1ccc(S(=O)(=O)NC2(CC)CCC2)cc1C(=O)O. The van der Waals surface area contributed by atoms with Gasteiger partial charge in [0.1, 0.15) is 0 Å². The lowest BCUT2D eigenvalue weighted by atomic mass is 9.76. The molecule has 0 saturated heterocycles. The molecule has 1 aromatic rings. The molecule has 1 fully saturated rings. The summed E-state index contributed by atoms with van der Waals surface area (Å²) in [5.41, 5.74) is 0.334. The fourth-order valence-corrected chi connectivity index (χ4v) is 4.26. The van der Waals surface area contributed by atoms with Gasteiger partial charge in [-0.3, -0.25) is 0 Å². The number of carboxylic acids is 1. The van der Waals surface area contributed by atoms with Gasteiger partial charge >= 0.3 is 5.97 Å². The van der Waals surface area contributed by atoms with E-state index in [1.807, 2.05) is 13.8 Å². The Morgan fingerprint density at radius 1 is 1.33 bits per heavy atom. The van der Waals surface area contributed by atoms with Gasteiger partial charge in [0.25, 0.3) is 0 Å². The van der Waals surface area contributed by atoms with Crippen LogP contribution in [-0.4, -0.2) is 25.0 Å². The smallest absolute Gasteiger partial charge is 0.336 e. The zero-order valence-electron chi connectivity index (χ0n) is 12.3. The van der Waals surface area contributed by atoms with Gasteiger partial charge in [0.05, 0.1) is 10.5 Å². The standard InChI is InChI=1S/C15H21NO4S/c1-3-11-6-7-12(10-13(11)14(17)18)21(19,20)16-15(4-2)8-5-9-15/h6-7,10,16H,3-5,8-9H2,1-2H3,(H,17,18). The molecule has 21 heavy (non-hydrogen) atoms. The summed E-state index contributed by atoms with van der Waals surface area (Å²) >= 11 is 0. The highest BCUT2D eigenvalue weighted by Crippen LogP contribution is 2.36. The first-order valence-corrected chi connectivity index (χ1v) is 8.72. The summed E-state index contributed by atoms with van der Waals surface area (Å²) in [6.45, 7) is 3.80. The summed E-state index contributed by atoms with van der Waals surface area (Å²) in [4.78, 5) is 11.3. The Labute approximate surface area is 125 Å². The van der Waals surface area contributed by atoms with Gasteiger partial charge in [0, 0.05) is 5.54 Å². The minimum atomic E-state index is -3.69. The monoisotopic (exact) mass is 311 g/mol. The number of hydrogen-bond acceptors (Lipinski definition) is 3. The average Bonchev–Trinajstić information content (AvgIpc) is 2.42. The topological polar surface area (TPSA) is 83.5 Å². The zero-order chi connectivity index (χ0) is 15.7. The minimum absolute atomic E-state index is 0.0248. The fraction of sp³-hybridized carbons (Fsp3) is 0.533. The van der Waals surface area contributed by atoms with Gasteiger partial charge in [0.2, 0.25) is 10.0 Å². The molecular weight excluding hydrogens is 290 g/mol. The summed E-state index contributed by atoms with van der Waals surface area (Å²) in [6, 6.07) is 4.32. The Hall–Kier alpha value is -1.40. The second kappa shape index (κ2) is 5.77. The number of benzene rings is 1. The van der Waals surface area contributed by atoms with Crippen molar-refractivity contribution >= 4 is 16.0 Å². The van der Waals surface area contributed by atoms with Crippen LogP contribution in [0.25, 0.3) is 0 Å². The van der Waals surface area contributed by atoms with Gasteiger partial charge in [-0.05, 0) is 49.8 Å². The van der Waals surface area contributed by atoms with Crippen LogP contribution < -0.4 is 4.72 Å². The van der Waals surface area contributed by atoms with Crippen LogP contribution in [0, 0.1) is 0 Å². The van der Waals surface area contributed by atoms with Gasteiger partial charge < -0.3 is 5.11 Å². The summed E-state index contributed by atoms with van der Waals surface area (Å²) in [6.07, 6.45) is 3.98. The van der Waals surface area contributed by atoms with Crippen LogP contribution in [-0.2, 0) is 16.4 Å². The molecule has 1 aromatic carbocycles. The lowest BCUT2D eigenvalue weighted by Gasteiger charge is -2.41. The second-order valence-corrected chi connectivity index (χ2v) is 7.25. The van der Waals surface area contributed by atoms with Crippen molar-refractivity contribution in [3.63, 3.8) is 0 Å². The number of sulfonamides is 1. The van der Waals surface area contributed by atoms with Gasteiger partial charge in [-0.25, -0.2) is 17.9 Å². The predicted octanol–water partition coefficient (Wildman–Crippen LogP) is 2.56. The third-order valence-corrected chi connectivity index (χ3v) is 5.92. The Balaban J connectivity index is 2.36. The molecule has 0 bridgehead atoms. The van der Waals surface area contributed by atoms with Crippen molar-refractivity contribution in [1.29, 1.82) is 0 Å². The first kappa shape index (κ1) is 16.0. The largest absolute Gasteiger partial charge is 0.478 e. The van der Waals surface area contributed by atoms with E-state index in [-0.39, 0.29) is 16.0 Å². The molecule has 1 saturated carbocycles. The number of carboxylic acid groups (broad SMARTS) is 1. The van der Waals surface area contributed by atoms with E-state index in [0.29, 0.717) is 12.0 Å². The normalized spacial score (nSPS) is 17.2. The Morgan fingerprint density at radius 3 is 2.43 bits per heavy atom. The van der Waals surface area contributed by atoms with E-state index in [1.54, 1.807) is 6.07 Å². The maximum atomic E-state index is 12.5. The maximum absolute atomic E-state index is 12.5. The predicted molar refractivity (Wildman–Crippen MR) is 80.0 cm³/mol. The number of aryl methyl sites for hydroxylation is 1. The van der Waals surface area contributed by atoms with Crippen molar-refractivity contribution in [3.05, 3.63) is 29.3 Å². The van der Waals surface area contributed by atoms with Crippen molar-refractivity contribution in [3.8, 4) is 0 Å². The molecule has 0 spiro atoms. The van der Waals surface area contributed by atoms with Crippen LogP contribution >= 0.6 is 0 Å². The Morgan fingerprint density at radius 2 is 2.00 bits per heavy atom. The number of carbonyl (C=O) groups is 1. The maximum Gasteiger partial charge on any atom is 0.336 e. The fourth-order valence-electron chi connectivity index (χ4n) is 2.71. The molecule has 5 nitrogen and oxygen atoms in total. The number of hydrogen-bond donors (Lipinski definition) is 2. The Bertz CT molecular complexity index is 642. The molecule has 0 amide bonds. The molecule has 1 aliphatic carbocycles. The average molecular weight is 311 g/mol. The molecule has 6 heteroatoms. The highest BCUT2D eigenvalue weighted by molar-refractivity contribution is 7.89. The molecule has 2 rings (SSSR count). The van der Waals surface area contributed by atoms with E-state index in [0.717, 1.165) is 25.7 Å². The van der Waals surface area contributed by atoms with Crippen molar-refractivity contribution in [2.75, 3.05) is 0 Å². The number of rotatable bonds is 6. The lowest BCUT2D eigenvalue weighted by Crippen LogP contribution is -2.52. The van der Waals surface area contributed by atoms with Crippen LogP contribution in [0.4, 0.5) is 0 Å². The summed E-state index contributed by atoms with van der Waals surface area (Å²) in [5, 5.41) is 9.21. The quantitative estimate of drug-likeness (QED) is 0.845. The molecule has 0 aromatic heterocycles. The molecule has 0 heterocycles. The van der Waals surface area contributed by atoms with Gasteiger partial charge in [-0.2, -0.15) is 0 Å². The van der Waals surface area contributed by atoms with Crippen molar-refractivity contribution in [2.24, 2.45) is 0 Å². The highest BCUT2D eigenvalue weighted by Gasteiger charge is 2.39. The number of nitrogens with one attached hydrogen (secondary N) is 1. The van der Waals surface area contributed by atoms with E-state index in [1.165, 1.54) is 12.1 Å². The van der Waals surface area contributed by atoms with Gasteiger partial charge in [-0.15, -0.1) is 0 Å². The van der Waals surface area contributed by atoms with Crippen molar-refractivity contribution in [1.82, 2.24) is 4.72 Å². The molecule has 1 aliphatic rings. The van der Waals surface area contributed by atoms with Crippen molar-refractivity contribution in [2.45, 2.75) is 56.4 Å². The van der Waals surface area contributed by atoms with Crippen LogP contribution in [0.5, 0.6) is 0 Å². The van der Waals surface area contributed by atoms with E-state index < -0.39 is 16.0 Å². The van der Waals surface area contributed by atoms with Crippen LogP contribution in [0.2, 0.25) is 0 Å². The van der Waals surface area contributed by atoms with E-state index >= 15 is 0 Å². The molecule has 116 valence electrons. The van der Waals surface area contributed by atoms with E-state index in [9.17, 15) is 18.3 Å². The summed E-state index contributed by atoms with van der Waals surface area (Å²) < 4.78 is 27.7. The van der Waals surface area contributed by atoms with E-state index in [4.69, 9.17) is 0 Å². The second-order valence-electron chi connectivity index (χ2n) is 5.57. The minimum Gasteiger partial charge on any atom is -0.478 e. The number of aromatic carboxylic acids is 1. The first-order chi connectivity index (χ1) is 9.83. The highest BCUT2D eigenvalue weighted by atomic mass is 32.2. The molecule has 0 aliphatic heterocycles. The van der Waals surface area contributed by atoms with E-state index in [2.05, 4.69) is 4.72 Å². The molecule has 0 radical (unpaired) electrons. The molecular formula is C15H21NO4S. The van der Waals surface area contributed by atoms with Crippen LogP contribution in [0.1, 0.15) is 55.5 Å². The van der Waals surface area contributed by atoms with Gasteiger partial charge in [-0.1, -0.05) is 19.9 Å². The third kappa shape index (κ3) is 3.11. The third-order valence-electron chi connectivity index (χ3n) is 4.34.